The van der Waals surface area contributed by atoms with Gasteiger partial charge in [0.1, 0.15) is 17.0 Å². The maximum atomic E-state index is 15.8. The minimum absolute atomic E-state index is 0.101. The van der Waals surface area contributed by atoms with Crippen LogP contribution in [-0.2, 0) is 15.0 Å². The quantitative estimate of drug-likeness (QED) is 0.388. The molecule has 10 heteroatoms. The Hall–Kier alpha value is -2.26. The Morgan fingerprint density at radius 1 is 1.13 bits per heavy atom. The van der Waals surface area contributed by atoms with Crippen LogP contribution in [0.2, 0.25) is 10.0 Å². The fourth-order valence-corrected chi connectivity index (χ4v) is 7.02. The Balaban J connectivity index is 1.69. The Bertz CT molecular complexity index is 1310. The average Bonchev–Trinajstić information content (AvgIpc) is 3.32. The highest BCUT2D eigenvalue weighted by Gasteiger charge is 2.66. The lowest BCUT2D eigenvalue weighted by molar-refractivity contribution is -0.124. The van der Waals surface area contributed by atoms with Gasteiger partial charge in [0.25, 0.3) is 0 Å². The third-order valence-electron chi connectivity index (χ3n) is 8.34. The Kier molecular flexibility index (Phi) is 7.46. The molecule has 5 rings (SSSR count). The number of aliphatic hydroxyl groups excluding tert-OH is 1. The summed E-state index contributed by atoms with van der Waals surface area (Å²) in [4.78, 5) is 28.1. The van der Waals surface area contributed by atoms with Crippen LogP contribution >= 0.6 is 23.2 Å². The van der Waals surface area contributed by atoms with Crippen molar-refractivity contribution in [1.82, 2.24) is 10.6 Å². The lowest BCUT2D eigenvalue weighted by Gasteiger charge is -2.38. The zero-order valence-electron chi connectivity index (χ0n) is 22.1. The molecule has 210 valence electrons. The number of rotatable bonds is 4. The molecule has 2 fully saturated rings. The number of nitrogens with one attached hydrogen (secondary N) is 3. The number of hydrogen-bond donors (Lipinski definition) is 4. The van der Waals surface area contributed by atoms with E-state index in [1.807, 2.05) is 20.8 Å². The van der Waals surface area contributed by atoms with Crippen molar-refractivity contribution in [2.45, 2.75) is 88.4 Å². The van der Waals surface area contributed by atoms with E-state index in [4.69, 9.17) is 23.2 Å². The topological polar surface area (TPSA) is 90.5 Å². The van der Waals surface area contributed by atoms with Crippen LogP contribution in [0.1, 0.15) is 69.9 Å². The van der Waals surface area contributed by atoms with Gasteiger partial charge in [0.2, 0.25) is 11.8 Å². The smallest absolute Gasteiger partial charge is 0.238 e. The number of fused-ring (bicyclic) bond motifs is 2. The number of benzene rings is 2. The van der Waals surface area contributed by atoms with Gasteiger partial charge in [-0.1, -0.05) is 56.1 Å². The SMILES string of the molecule is CC(C)(C)C[C@@H]1N[C@@H](C(=O)NC2CCC(O)CC2)[C@H](c2cccc(Cl)c2F)C12C(=O)Nc1cc(Cl)c(F)cc12. The lowest BCUT2D eigenvalue weighted by Crippen LogP contribution is -2.50. The maximum Gasteiger partial charge on any atom is 0.238 e. The molecule has 1 spiro atoms. The normalized spacial score (nSPS) is 30.4. The number of hydrogen-bond acceptors (Lipinski definition) is 4. The number of carbonyl (C=O) groups is 2. The third-order valence-corrected chi connectivity index (χ3v) is 8.92. The van der Waals surface area contributed by atoms with Gasteiger partial charge in [-0.15, -0.1) is 0 Å². The predicted molar refractivity (Wildman–Crippen MR) is 147 cm³/mol. The molecule has 39 heavy (non-hydrogen) atoms. The summed E-state index contributed by atoms with van der Waals surface area (Å²) in [6, 6.07) is 5.28. The van der Waals surface area contributed by atoms with Crippen LogP contribution in [0.15, 0.2) is 30.3 Å². The summed E-state index contributed by atoms with van der Waals surface area (Å²) in [6.07, 6.45) is 2.40. The maximum absolute atomic E-state index is 15.8. The van der Waals surface area contributed by atoms with Crippen LogP contribution in [0.5, 0.6) is 0 Å². The van der Waals surface area contributed by atoms with E-state index in [0.717, 1.165) is 0 Å². The standard InChI is InChI=1S/C29H33Cl2F2N3O3/c1-28(2,3)13-22-29(17-11-20(32)19(31)12-21(17)35-27(29)39)23(16-5-4-6-18(30)24(16)33)25(36-22)26(38)34-14-7-9-15(37)10-8-14/h4-6,11-12,14-15,22-23,25,36-37H,7-10,13H2,1-3H3,(H,34,38)(H,35,39)/t14?,15?,22-,23-,25+,29?/m0/s1. The summed E-state index contributed by atoms with van der Waals surface area (Å²) in [5, 5.41) is 18.9. The van der Waals surface area contributed by atoms with E-state index in [2.05, 4.69) is 16.0 Å². The highest BCUT2D eigenvalue weighted by molar-refractivity contribution is 6.31. The van der Waals surface area contributed by atoms with E-state index < -0.39 is 47.1 Å². The number of carbonyl (C=O) groups excluding carboxylic acids is 2. The molecule has 2 amide bonds. The molecule has 2 aliphatic heterocycles. The van der Waals surface area contributed by atoms with Crippen LogP contribution in [-0.4, -0.2) is 41.2 Å². The summed E-state index contributed by atoms with van der Waals surface area (Å²) in [5.41, 5.74) is -1.06. The molecule has 0 aromatic heterocycles. The Morgan fingerprint density at radius 3 is 2.49 bits per heavy atom. The van der Waals surface area contributed by atoms with Gasteiger partial charge < -0.3 is 21.1 Å². The first kappa shape index (κ1) is 28.3. The highest BCUT2D eigenvalue weighted by atomic mass is 35.5. The van der Waals surface area contributed by atoms with E-state index in [9.17, 15) is 19.1 Å². The van der Waals surface area contributed by atoms with Crippen LogP contribution in [0.4, 0.5) is 14.5 Å². The van der Waals surface area contributed by atoms with Gasteiger partial charge in [0.15, 0.2) is 0 Å². The third kappa shape index (κ3) is 4.94. The average molecular weight is 581 g/mol. The van der Waals surface area contributed by atoms with Crippen molar-refractivity contribution in [2.24, 2.45) is 5.41 Å². The van der Waals surface area contributed by atoms with Crippen molar-refractivity contribution in [2.75, 3.05) is 5.32 Å². The fraction of sp³-hybridized carbons (Fsp3) is 0.517. The van der Waals surface area contributed by atoms with Crippen molar-refractivity contribution in [1.29, 1.82) is 0 Å². The van der Waals surface area contributed by atoms with E-state index in [-0.39, 0.29) is 33.0 Å². The molecule has 2 heterocycles. The van der Waals surface area contributed by atoms with Crippen molar-refractivity contribution < 1.29 is 23.5 Å². The largest absolute Gasteiger partial charge is 0.393 e. The summed E-state index contributed by atoms with van der Waals surface area (Å²) < 4.78 is 30.8. The monoisotopic (exact) mass is 579 g/mol. The predicted octanol–water partition coefficient (Wildman–Crippen LogP) is 5.44. The van der Waals surface area contributed by atoms with Gasteiger partial charge in [0, 0.05) is 23.7 Å². The molecule has 3 aliphatic rings. The van der Waals surface area contributed by atoms with Crippen LogP contribution < -0.4 is 16.0 Å². The molecule has 2 aromatic rings. The number of amides is 2. The van der Waals surface area contributed by atoms with Gasteiger partial charge in [-0.05, 0) is 66.8 Å². The van der Waals surface area contributed by atoms with Crippen molar-refractivity contribution >= 4 is 40.7 Å². The first-order valence-electron chi connectivity index (χ1n) is 13.3. The van der Waals surface area contributed by atoms with Gasteiger partial charge in [0.05, 0.1) is 22.2 Å². The van der Waals surface area contributed by atoms with Crippen LogP contribution in [0, 0.1) is 17.0 Å². The van der Waals surface area contributed by atoms with E-state index in [1.54, 1.807) is 6.07 Å². The molecule has 1 aliphatic carbocycles. The minimum Gasteiger partial charge on any atom is -0.393 e. The number of halogens is 4. The Morgan fingerprint density at radius 2 is 1.82 bits per heavy atom. The molecule has 2 aromatic carbocycles. The molecular weight excluding hydrogens is 547 g/mol. The zero-order valence-corrected chi connectivity index (χ0v) is 23.6. The molecule has 4 atom stereocenters. The summed E-state index contributed by atoms with van der Waals surface area (Å²) in [5.74, 6) is -3.32. The van der Waals surface area contributed by atoms with Crippen LogP contribution in [0.3, 0.4) is 0 Å². The van der Waals surface area contributed by atoms with Crippen LogP contribution in [0.25, 0.3) is 0 Å². The second-order valence-corrected chi connectivity index (χ2v) is 13.0. The summed E-state index contributed by atoms with van der Waals surface area (Å²) in [6.45, 7) is 6.02. The first-order chi connectivity index (χ1) is 18.3. The number of aliphatic hydroxyl groups is 1. The first-order valence-corrected chi connectivity index (χ1v) is 14.1. The second-order valence-electron chi connectivity index (χ2n) is 12.2. The van der Waals surface area contributed by atoms with Gasteiger partial charge in [-0.3, -0.25) is 9.59 Å². The van der Waals surface area contributed by atoms with E-state index >= 15 is 4.39 Å². The Labute approximate surface area is 236 Å². The summed E-state index contributed by atoms with van der Waals surface area (Å²) in [7, 11) is 0. The van der Waals surface area contributed by atoms with Gasteiger partial charge in [-0.25, -0.2) is 8.78 Å². The van der Waals surface area contributed by atoms with Gasteiger partial charge in [-0.2, -0.15) is 0 Å². The zero-order chi connectivity index (χ0) is 28.3. The fourth-order valence-electron chi connectivity index (χ4n) is 6.68. The molecule has 0 bridgehead atoms. The van der Waals surface area contributed by atoms with E-state index in [1.165, 1.54) is 24.3 Å². The molecular formula is C29H33Cl2F2N3O3. The second kappa shape index (κ2) is 10.3. The van der Waals surface area contributed by atoms with Gasteiger partial charge >= 0.3 is 0 Å². The number of anilines is 1. The molecule has 1 unspecified atom stereocenters. The molecule has 4 N–H and O–H groups in total. The summed E-state index contributed by atoms with van der Waals surface area (Å²) >= 11 is 12.3. The molecule has 1 saturated carbocycles. The lowest BCUT2D eigenvalue weighted by atomic mass is 9.62. The molecule has 6 nitrogen and oxygen atoms in total. The minimum atomic E-state index is -1.52. The van der Waals surface area contributed by atoms with E-state index in [0.29, 0.717) is 43.4 Å². The molecule has 1 saturated heterocycles. The highest BCUT2D eigenvalue weighted by Crippen LogP contribution is 2.57. The molecule has 0 radical (unpaired) electrons. The van der Waals surface area contributed by atoms with Crippen molar-refractivity contribution in [3.8, 4) is 0 Å². The van der Waals surface area contributed by atoms with Crippen molar-refractivity contribution in [3.05, 3.63) is 63.1 Å². The van der Waals surface area contributed by atoms with Crippen molar-refractivity contribution in [3.63, 3.8) is 0 Å².